The molecule has 7 nitrogen and oxygen atoms in total. The Kier molecular flexibility index (Phi) is 5.08. The highest BCUT2D eigenvalue weighted by atomic mass is 32.1. The molecular weight excluding hydrogens is 338 g/mol. The van der Waals surface area contributed by atoms with Crippen LogP contribution in [0.2, 0.25) is 0 Å². The minimum Gasteiger partial charge on any atom is -0.466 e. The fourth-order valence-corrected chi connectivity index (χ4v) is 3.05. The summed E-state index contributed by atoms with van der Waals surface area (Å²) in [7, 11) is 1.93. The smallest absolute Gasteiger partial charge is 0.311 e. The van der Waals surface area contributed by atoms with Crippen LogP contribution in [-0.4, -0.2) is 33.6 Å². The Morgan fingerprint density at radius 2 is 2.32 bits per heavy atom. The van der Waals surface area contributed by atoms with Crippen LogP contribution in [0.25, 0.3) is 10.9 Å². The standard InChI is InChI=1S/C17H19N5O2S/c1-4-24-16(23)8-13-10-25-17(19-13)20-18-9-12-5-6-14-11(2)22(3)21-15(14)7-12/h5-7,9-10H,4,8H2,1-3H3,(H,19,20). The lowest BCUT2D eigenvalue weighted by Crippen LogP contribution is -2.07. The zero-order chi connectivity index (χ0) is 17.8. The third-order valence-corrected chi connectivity index (χ3v) is 4.51. The van der Waals surface area contributed by atoms with E-state index in [1.807, 2.05) is 42.2 Å². The molecule has 0 aliphatic rings. The van der Waals surface area contributed by atoms with Gasteiger partial charge in [0.25, 0.3) is 0 Å². The van der Waals surface area contributed by atoms with Gasteiger partial charge in [-0.25, -0.2) is 4.98 Å². The van der Waals surface area contributed by atoms with Gasteiger partial charge in [0.1, 0.15) is 0 Å². The number of carbonyl (C=O) groups excluding carboxylic acids is 1. The van der Waals surface area contributed by atoms with E-state index in [0.29, 0.717) is 17.4 Å². The van der Waals surface area contributed by atoms with E-state index in [9.17, 15) is 4.79 Å². The van der Waals surface area contributed by atoms with Crippen molar-refractivity contribution in [3.63, 3.8) is 0 Å². The number of nitrogens with one attached hydrogen (secondary N) is 1. The number of thiazole rings is 1. The summed E-state index contributed by atoms with van der Waals surface area (Å²) < 4.78 is 6.77. The van der Waals surface area contributed by atoms with Gasteiger partial charge in [-0.3, -0.25) is 14.9 Å². The molecular formula is C17H19N5O2S. The molecule has 1 aromatic carbocycles. The minimum absolute atomic E-state index is 0.172. The van der Waals surface area contributed by atoms with E-state index in [-0.39, 0.29) is 12.4 Å². The van der Waals surface area contributed by atoms with Crippen molar-refractivity contribution >= 4 is 39.6 Å². The van der Waals surface area contributed by atoms with Crippen LogP contribution in [0.15, 0.2) is 28.7 Å². The van der Waals surface area contributed by atoms with E-state index in [0.717, 1.165) is 22.2 Å². The van der Waals surface area contributed by atoms with E-state index in [4.69, 9.17) is 4.74 Å². The lowest BCUT2D eigenvalue weighted by molar-refractivity contribution is -0.142. The van der Waals surface area contributed by atoms with Crippen LogP contribution in [0.5, 0.6) is 0 Å². The van der Waals surface area contributed by atoms with Gasteiger partial charge in [-0.05, 0) is 25.5 Å². The number of anilines is 1. The molecule has 0 fully saturated rings. The van der Waals surface area contributed by atoms with Gasteiger partial charge in [0.05, 0.1) is 30.5 Å². The molecule has 0 saturated heterocycles. The summed E-state index contributed by atoms with van der Waals surface area (Å²) in [6.45, 7) is 4.20. The number of hydrazone groups is 1. The zero-order valence-electron chi connectivity index (χ0n) is 14.3. The predicted octanol–water partition coefficient (Wildman–Crippen LogP) is 2.89. The highest BCUT2D eigenvalue weighted by Gasteiger charge is 2.08. The molecule has 0 unspecified atom stereocenters. The first-order valence-electron chi connectivity index (χ1n) is 7.89. The number of fused-ring (bicyclic) bond motifs is 1. The largest absolute Gasteiger partial charge is 0.466 e. The van der Waals surface area contributed by atoms with Crippen molar-refractivity contribution in [3.8, 4) is 0 Å². The lowest BCUT2D eigenvalue weighted by atomic mass is 10.1. The summed E-state index contributed by atoms with van der Waals surface area (Å²) in [6.07, 6.45) is 1.89. The maximum atomic E-state index is 11.4. The fraction of sp³-hybridized carbons (Fsp3) is 0.294. The van der Waals surface area contributed by atoms with Crippen molar-refractivity contribution in [2.24, 2.45) is 12.1 Å². The highest BCUT2D eigenvalue weighted by Crippen LogP contribution is 2.18. The number of aryl methyl sites for hydroxylation is 2. The van der Waals surface area contributed by atoms with Gasteiger partial charge in [0, 0.05) is 23.5 Å². The molecule has 0 amide bonds. The normalized spacial score (nSPS) is 11.3. The Morgan fingerprint density at radius 3 is 3.12 bits per heavy atom. The molecule has 2 aromatic heterocycles. The minimum atomic E-state index is -0.276. The van der Waals surface area contributed by atoms with Crippen LogP contribution in [-0.2, 0) is 23.0 Å². The first-order valence-corrected chi connectivity index (χ1v) is 8.77. The van der Waals surface area contributed by atoms with Crippen molar-refractivity contribution < 1.29 is 9.53 Å². The third kappa shape index (κ3) is 4.03. The molecule has 3 aromatic rings. The van der Waals surface area contributed by atoms with E-state index in [2.05, 4.69) is 20.6 Å². The van der Waals surface area contributed by atoms with Gasteiger partial charge in [-0.15, -0.1) is 11.3 Å². The molecule has 3 rings (SSSR count). The second kappa shape index (κ2) is 7.43. The number of hydrogen-bond acceptors (Lipinski definition) is 7. The quantitative estimate of drug-likeness (QED) is 0.417. The van der Waals surface area contributed by atoms with Gasteiger partial charge in [-0.2, -0.15) is 10.2 Å². The Balaban J connectivity index is 1.63. The number of ether oxygens (including phenoxy) is 1. The topological polar surface area (TPSA) is 81.4 Å². The van der Waals surface area contributed by atoms with Crippen molar-refractivity contribution in [3.05, 3.63) is 40.5 Å². The summed E-state index contributed by atoms with van der Waals surface area (Å²) in [5.41, 5.74) is 6.57. The molecule has 0 radical (unpaired) electrons. The Bertz CT molecular complexity index is 928. The second-order valence-electron chi connectivity index (χ2n) is 5.48. The third-order valence-electron chi connectivity index (χ3n) is 3.71. The van der Waals surface area contributed by atoms with Gasteiger partial charge >= 0.3 is 5.97 Å². The molecule has 8 heteroatoms. The first kappa shape index (κ1) is 17.1. The van der Waals surface area contributed by atoms with E-state index >= 15 is 0 Å². The summed E-state index contributed by atoms with van der Waals surface area (Å²) in [6, 6.07) is 6.03. The second-order valence-corrected chi connectivity index (χ2v) is 6.34. The van der Waals surface area contributed by atoms with Crippen LogP contribution in [0.1, 0.15) is 23.9 Å². The number of hydrogen-bond donors (Lipinski definition) is 1. The molecule has 0 aliphatic carbocycles. The molecule has 0 spiro atoms. The number of esters is 1. The summed E-state index contributed by atoms with van der Waals surface area (Å²) in [4.78, 5) is 15.7. The van der Waals surface area contributed by atoms with Crippen LogP contribution >= 0.6 is 11.3 Å². The molecule has 2 heterocycles. The monoisotopic (exact) mass is 357 g/mol. The molecule has 0 atom stereocenters. The van der Waals surface area contributed by atoms with E-state index in [1.54, 1.807) is 13.1 Å². The van der Waals surface area contributed by atoms with Gasteiger partial charge in [0.15, 0.2) is 0 Å². The first-order chi connectivity index (χ1) is 12.1. The number of nitrogens with zero attached hydrogens (tertiary/aromatic N) is 4. The number of benzene rings is 1. The molecule has 25 heavy (non-hydrogen) atoms. The van der Waals surface area contributed by atoms with Crippen molar-refractivity contribution in [2.45, 2.75) is 20.3 Å². The maximum Gasteiger partial charge on any atom is 0.311 e. The maximum absolute atomic E-state index is 11.4. The molecule has 0 aliphatic heterocycles. The molecule has 0 bridgehead atoms. The van der Waals surface area contributed by atoms with Crippen LogP contribution < -0.4 is 5.43 Å². The average molecular weight is 357 g/mol. The van der Waals surface area contributed by atoms with Gasteiger partial charge in [0.2, 0.25) is 5.13 Å². The number of carbonyl (C=O) groups is 1. The summed E-state index contributed by atoms with van der Waals surface area (Å²) in [5.74, 6) is -0.276. The number of rotatable bonds is 6. The van der Waals surface area contributed by atoms with Gasteiger partial charge < -0.3 is 4.74 Å². The van der Waals surface area contributed by atoms with Crippen LogP contribution in [0, 0.1) is 6.92 Å². The Hall–Kier alpha value is -2.74. The lowest BCUT2D eigenvalue weighted by Gasteiger charge is -1.98. The predicted molar refractivity (Wildman–Crippen MR) is 99.1 cm³/mol. The van der Waals surface area contributed by atoms with E-state index in [1.165, 1.54) is 11.3 Å². The van der Waals surface area contributed by atoms with Crippen molar-refractivity contribution in [1.82, 2.24) is 14.8 Å². The summed E-state index contributed by atoms with van der Waals surface area (Å²) in [5, 5.41) is 12.2. The molecule has 130 valence electrons. The van der Waals surface area contributed by atoms with E-state index < -0.39 is 0 Å². The van der Waals surface area contributed by atoms with Crippen LogP contribution in [0.3, 0.4) is 0 Å². The van der Waals surface area contributed by atoms with Crippen molar-refractivity contribution in [2.75, 3.05) is 12.0 Å². The fourth-order valence-electron chi connectivity index (χ4n) is 2.39. The Labute approximate surface area is 149 Å². The van der Waals surface area contributed by atoms with Crippen molar-refractivity contribution in [1.29, 1.82) is 0 Å². The van der Waals surface area contributed by atoms with Crippen LogP contribution in [0.4, 0.5) is 5.13 Å². The number of aromatic nitrogens is 3. The highest BCUT2D eigenvalue weighted by molar-refractivity contribution is 7.13. The summed E-state index contributed by atoms with van der Waals surface area (Å²) >= 11 is 1.39. The molecule has 0 saturated carbocycles. The average Bonchev–Trinajstić information content (AvgIpc) is 3.12. The SMILES string of the molecule is CCOC(=O)Cc1csc(NN=Cc2ccc3c(C)n(C)nc3c2)n1. The van der Waals surface area contributed by atoms with Gasteiger partial charge in [-0.1, -0.05) is 12.1 Å². The Morgan fingerprint density at radius 1 is 1.48 bits per heavy atom. The molecule has 1 N–H and O–H groups in total. The zero-order valence-corrected chi connectivity index (χ0v) is 15.1.